The van der Waals surface area contributed by atoms with E-state index in [1.54, 1.807) is 14.0 Å². The number of hydrogen-bond donors (Lipinski definition) is 2. The summed E-state index contributed by atoms with van der Waals surface area (Å²) >= 11 is 0. The van der Waals surface area contributed by atoms with Crippen LogP contribution >= 0.6 is 0 Å². The van der Waals surface area contributed by atoms with E-state index >= 15 is 0 Å². The average molecular weight is 367 g/mol. The molecule has 0 aliphatic rings. The maximum absolute atomic E-state index is 12.8. The number of rotatable bonds is 6. The molecule has 140 valence electrons. The smallest absolute Gasteiger partial charge is 0.416 e. The summed E-state index contributed by atoms with van der Waals surface area (Å²) in [6, 6.07) is 11.7. The molecule has 0 aliphatic heterocycles. The van der Waals surface area contributed by atoms with Crippen LogP contribution in [0.25, 0.3) is 0 Å². The van der Waals surface area contributed by atoms with Gasteiger partial charge in [-0.15, -0.1) is 0 Å². The van der Waals surface area contributed by atoms with Gasteiger partial charge in [0.05, 0.1) is 19.7 Å². The third kappa shape index (κ3) is 5.23. The number of anilines is 1. The maximum atomic E-state index is 12.8. The van der Waals surface area contributed by atoms with Crippen molar-refractivity contribution in [3.05, 3.63) is 59.7 Å². The van der Waals surface area contributed by atoms with E-state index in [0.717, 1.165) is 28.3 Å². The molecule has 0 saturated carbocycles. The zero-order valence-electron chi connectivity index (χ0n) is 14.9. The standard InChI is InChI=1S/C19H21F3N2O2/c1-13(24(2)12-14-7-9-17(26-3)10-8-14)18(25)23-16-6-4-5-15(11-16)19(20,21)22/h4-11,13H,12H2,1-3H3,(H,23,25)/p+1/t13-/m1/s1. The zero-order chi connectivity index (χ0) is 19.3. The van der Waals surface area contributed by atoms with Crippen LogP contribution in [0.3, 0.4) is 0 Å². The molecule has 1 unspecified atom stereocenters. The molecule has 2 rings (SSSR count). The third-order valence-corrected chi connectivity index (χ3v) is 4.23. The van der Waals surface area contributed by atoms with Gasteiger partial charge in [-0.2, -0.15) is 13.2 Å². The highest BCUT2D eigenvalue weighted by Gasteiger charge is 2.31. The minimum atomic E-state index is -4.44. The first-order valence-electron chi connectivity index (χ1n) is 8.14. The zero-order valence-corrected chi connectivity index (χ0v) is 14.9. The molecule has 7 heteroatoms. The van der Waals surface area contributed by atoms with E-state index in [0.29, 0.717) is 6.54 Å². The van der Waals surface area contributed by atoms with E-state index in [9.17, 15) is 18.0 Å². The third-order valence-electron chi connectivity index (χ3n) is 4.23. The Labute approximate surface area is 150 Å². The number of quaternary nitrogens is 1. The molecule has 2 N–H and O–H groups in total. The molecule has 0 spiro atoms. The van der Waals surface area contributed by atoms with Gasteiger partial charge < -0.3 is 15.0 Å². The first-order valence-corrected chi connectivity index (χ1v) is 8.14. The molecule has 0 bridgehead atoms. The summed E-state index contributed by atoms with van der Waals surface area (Å²) in [6.07, 6.45) is -4.44. The van der Waals surface area contributed by atoms with Gasteiger partial charge in [-0.1, -0.05) is 6.07 Å². The second kappa shape index (κ2) is 8.23. The molecule has 4 nitrogen and oxygen atoms in total. The molecule has 26 heavy (non-hydrogen) atoms. The number of alkyl halides is 3. The molecule has 0 radical (unpaired) electrons. The monoisotopic (exact) mass is 367 g/mol. The van der Waals surface area contributed by atoms with E-state index in [1.165, 1.54) is 12.1 Å². The molecule has 0 fully saturated rings. The second-order valence-corrected chi connectivity index (χ2v) is 6.16. The number of hydrogen-bond acceptors (Lipinski definition) is 2. The summed E-state index contributed by atoms with van der Waals surface area (Å²) < 4.78 is 43.4. The van der Waals surface area contributed by atoms with Crippen molar-refractivity contribution in [1.82, 2.24) is 0 Å². The van der Waals surface area contributed by atoms with E-state index in [4.69, 9.17) is 4.74 Å². The number of amides is 1. The predicted octanol–water partition coefficient (Wildman–Crippen LogP) is 2.76. The van der Waals surface area contributed by atoms with Crippen molar-refractivity contribution >= 4 is 11.6 Å². The lowest BCUT2D eigenvalue weighted by Crippen LogP contribution is -3.12. The Bertz CT molecular complexity index is 745. The predicted molar refractivity (Wildman–Crippen MR) is 93.1 cm³/mol. The second-order valence-electron chi connectivity index (χ2n) is 6.16. The van der Waals surface area contributed by atoms with Crippen LogP contribution < -0.4 is 15.0 Å². The molecule has 0 aliphatic carbocycles. The van der Waals surface area contributed by atoms with Gasteiger partial charge in [0.1, 0.15) is 12.3 Å². The fourth-order valence-electron chi connectivity index (χ4n) is 2.47. The van der Waals surface area contributed by atoms with Crippen molar-refractivity contribution in [3.63, 3.8) is 0 Å². The summed E-state index contributed by atoms with van der Waals surface area (Å²) in [5.74, 6) is 0.414. The molecule has 2 atom stereocenters. The van der Waals surface area contributed by atoms with Gasteiger partial charge in [-0.05, 0) is 49.4 Å². The number of carbonyl (C=O) groups excluding carboxylic acids is 1. The fraction of sp³-hybridized carbons (Fsp3) is 0.316. The summed E-state index contributed by atoms with van der Waals surface area (Å²) in [5, 5.41) is 2.56. The highest BCUT2D eigenvalue weighted by molar-refractivity contribution is 5.93. The lowest BCUT2D eigenvalue weighted by molar-refractivity contribution is -0.907. The van der Waals surface area contributed by atoms with E-state index < -0.39 is 17.8 Å². The van der Waals surface area contributed by atoms with E-state index in [1.807, 2.05) is 31.3 Å². The first-order chi connectivity index (χ1) is 12.2. The van der Waals surface area contributed by atoms with Gasteiger partial charge in [0, 0.05) is 11.3 Å². The molecule has 2 aromatic rings. The number of halogens is 3. The topological polar surface area (TPSA) is 42.8 Å². The number of carbonyl (C=O) groups is 1. The highest BCUT2D eigenvalue weighted by Crippen LogP contribution is 2.30. The fourth-order valence-corrected chi connectivity index (χ4v) is 2.47. The van der Waals surface area contributed by atoms with Gasteiger partial charge in [0.25, 0.3) is 5.91 Å². The Hall–Kier alpha value is -2.54. The normalized spacial score (nSPS) is 13.8. The van der Waals surface area contributed by atoms with Crippen LogP contribution in [0, 0.1) is 0 Å². The van der Waals surface area contributed by atoms with Crippen molar-refractivity contribution in [2.45, 2.75) is 25.7 Å². The van der Waals surface area contributed by atoms with Crippen molar-refractivity contribution in [3.8, 4) is 5.75 Å². The number of benzene rings is 2. The summed E-state index contributed by atoms with van der Waals surface area (Å²) in [5.41, 5.74) is 0.373. The van der Waals surface area contributed by atoms with Crippen LogP contribution in [-0.4, -0.2) is 26.1 Å². The van der Waals surface area contributed by atoms with E-state index in [2.05, 4.69) is 5.32 Å². The van der Waals surface area contributed by atoms with Crippen LogP contribution in [-0.2, 0) is 17.5 Å². The Morgan fingerprint density at radius 1 is 1.19 bits per heavy atom. The maximum Gasteiger partial charge on any atom is 0.416 e. The Morgan fingerprint density at radius 2 is 1.85 bits per heavy atom. The number of nitrogens with one attached hydrogen (secondary N) is 2. The Kier molecular flexibility index (Phi) is 6.26. The number of ether oxygens (including phenoxy) is 1. The van der Waals surface area contributed by atoms with Gasteiger partial charge in [0.15, 0.2) is 6.04 Å². The first kappa shape index (κ1) is 19.8. The van der Waals surface area contributed by atoms with Crippen LogP contribution in [0.1, 0.15) is 18.1 Å². The quantitative estimate of drug-likeness (QED) is 0.825. The van der Waals surface area contributed by atoms with Crippen molar-refractivity contribution < 1.29 is 27.6 Å². The van der Waals surface area contributed by atoms with Gasteiger partial charge in [-0.3, -0.25) is 4.79 Å². The molecule has 0 aromatic heterocycles. The van der Waals surface area contributed by atoms with Crippen molar-refractivity contribution in [2.75, 3.05) is 19.5 Å². The van der Waals surface area contributed by atoms with Crippen LogP contribution in [0.4, 0.5) is 18.9 Å². The average Bonchev–Trinajstić information content (AvgIpc) is 2.61. The minimum Gasteiger partial charge on any atom is -0.497 e. The van der Waals surface area contributed by atoms with Gasteiger partial charge in [-0.25, -0.2) is 0 Å². The Morgan fingerprint density at radius 3 is 2.42 bits per heavy atom. The van der Waals surface area contributed by atoms with E-state index in [-0.39, 0.29) is 11.6 Å². The summed E-state index contributed by atoms with van der Waals surface area (Å²) in [6.45, 7) is 2.34. The molecule has 0 heterocycles. The van der Waals surface area contributed by atoms with Crippen molar-refractivity contribution in [1.29, 1.82) is 0 Å². The van der Waals surface area contributed by atoms with Crippen LogP contribution in [0.15, 0.2) is 48.5 Å². The number of methoxy groups -OCH3 is 1. The van der Waals surface area contributed by atoms with Crippen LogP contribution in [0.5, 0.6) is 5.75 Å². The number of likely N-dealkylation sites (N-methyl/N-ethyl adjacent to an activating group) is 1. The highest BCUT2D eigenvalue weighted by atomic mass is 19.4. The molecular formula is C19H22F3N2O2+. The van der Waals surface area contributed by atoms with Crippen LogP contribution in [0.2, 0.25) is 0 Å². The van der Waals surface area contributed by atoms with Crippen molar-refractivity contribution in [2.24, 2.45) is 0 Å². The molecule has 2 aromatic carbocycles. The summed E-state index contributed by atoms with van der Waals surface area (Å²) in [4.78, 5) is 13.3. The lowest BCUT2D eigenvalue weighted by atomic mass is 10.1. The summed E-state index contributed by atoms with van der Waals surface area (Å²) in [7, 11) is 3.45. The Balaban J connectivity index is 1.99. The molecule has 0 saturated heterocycles. The molecule has 1 amide bonds. The lowest BCUT2D eigenvalue weighted by Gasteiger charge is -2.21. The SMILES string of the molecule is COc1ccc(C[NH+](C)[C@H](C)C(=O)Nc2cccc(C(F)(F)F)c2)cc1. The molecular weight excluding hydrogens is 345 g/mol. The van der Waals surface area contributed by atoms with Gasteiger partial charge >= 0.3 is 6.18 Å². The van der Waals surface area contributed by atoms with Gasteiger partial charge in [0.2, 0.25) is 0 Å². The minimum absolute atomic E-state index is 0.133. The largest absolute Gasteiger partial charge is 0.497 e.